The fourth-order valence-electron chi connectivity index (χ4n) is 3.12. The summed E-state index contributed by atoms with van der Waals surface area (Å²) in [5.41, 5.74) is 7.63. The lowest BCUT2D eigenvalue weighted by molar-refractivity contribution is -0.0883. The van der Waals surface area contributed by atoms with Gasteiger partial charge in [-0.25, -0.2) is 0 Å². The number of rotatable bonds is 5. The average Bonchev–Trinajstić information content (AvgIpc) is 2.43. The molecule has 3 heteroatoms. The van der Waals surface area contributed by atoms with Gasteiger partial charge in [-0.1, -0.05) is 6.92 Å². The van der Waals surface area contributed by atoms with Crippen molar-refractivity contribution in [1.29, 1.82) is 0 Å². The normalized spacial score (nSPS) is 29.1. The summed E-state index contributed by atoms with van der Waals surface area (Å²) < 4.78 is 6.11. The summed E-state index contributed by atoms with van der Waals surface area (Å²) in [4.78, 5) is 4.06. The molecule has 0 radical (unpaired) electrons. The average molecular weight is 262 g/mol. The molecule has 1 fully saturated rings. The van der Waals surface area contributed by atoms with Gasteiger partial charge in [-0.2, -0.15) is 0 Å². The van der Waals surface area contributed by atoms with E-state index in [4.69, 9.17) is 10.5 Å². The van der Waals surface area contributed by atoms with Crippen LogP contribution in [0.4, 0.5) is 0 Å². The highest BCUT2D eigenvalue weighted by atomic mass is 16.5. The molecule has 1 aliphatic carbocycles. The summed E-state index contributed by atoms with van der Waals surface area (Å²) >= 11 is 0. The van der Waals surface area contributed by atoms with E-state index in [9.17, 15) is 0 Å². The first-order valence-electron chi connectivity index (χ1n) is 7.45. The van der Waals surface area contributed by atoms with Gasteiger partial charge in [0.2, 0.25) is 0 Å². The standard InChI is InChI=1S/C16H26N2O/c1-3-19-16(8-4-13(2)5-9-16)15(17)12-14-6-10-18-11-7-14/h6-7,10-11,13,15H,3-5,8-9,12,17H2,1-2H3. The fraction of sp³-hybridized carbons (Fsp3) is 0.688. The Morgan fingerprint density at radius 2 is 2.00 bits per heavy atom. The van der Waals surface area contributed by atoms with Gasteiger partial charge in [0.1, 0.15) is 0 Å². The first-order valence-corrected chi connectivity index (χ1v) is 7.45. The van der Waals surface area contributed by atoms with Crippen molar-refractivity contribution in [3.63, 3.8) is 0 Å². The van der Waals surface area contributed by atoms with Gasteiger partial charge in [-0.05, 0) is 62.6 Å². The number of aromatic nitrogens is 1. The number of hydrogen-bond donors (Lipinski definition) is 1. The zero-order valence-corrected chi connectivity index (χ0v) is 12.1. The van der Waals surface area contributed by atoms with E-state index in [1.165, 1.54) is 18.4 Å². The molecule has 1 saturated carbocycles. The molecule has 2 rings (SSSR count). The largest absolute Gasteiger partial charge is 0.374 e. The van der Waals surface area contributed by atoms with E-state index in [1.807, 2.05) is 24.5 Å². The Hall–Kier alpha value is -0.930. The van der Waals surface area contributed by atoms with Crippen LogP contribution < -0.4 is 5.73 Å². The van der Waals surface area contributed by atoms with Gasteiger partial charge in [0, 0.05) is 25.0 Å². The van der Waals surface area contributed by atoms with Crippen LogP contribution in [0.1, 0.15) is 45.1 Å². The Morgan fingerprint density at radius 1 is 1.37 bits per heavy atom. The van der Waals surface area contributed by atoms with Crippen LogP contribution in [0, 0.1) is 5.92 Å². The zero-order chi connectivity index (χ0) is 13.7. The molecule has 1 aromatic rings. The Labute approximate surface area is 116 Å². The van der Waals surface area contributed by atoms with E-state index in [0.29, 0.717) is 0 Å². The van der Waals surface area contributed by atoms with Crippen molar-refractivity contribution in [3.8, 4) is 0 Å². The van der Waals surface area contributed by atoms with Gasteiger partial charge in [-0.3, -0.25) is 4.98 Å². The number of ether oxygens (including phenoxy) is 1. The summed E-state index contributed by atoms with van der Waals surface area (Å²) in [5, 5.41) is 0. The van der Waals surface area contributed by atoms with Crippen molar-refractivity contribution in [3.05, 3.63) is 30.1 Å². The van der Waals surface area contributed by atoms with Crippen molar-refractivity contribution in [1.82, 2.24) is 4.98 Å². The minimum absolute atomic E-state index is 0.0716. The van der Waals surface area contributed by atoms with Crippen LogP contribution >= 0.6 is 0 Å². The van der Waals surface area contributed by atoms with E-state index in [-0.39, 0.29) is 11.6 Å². The fourth-order valence-corrected chi connectivity index (χ4v) is 3.12. The van der Waals surface area contributed by atoms with E-state index in [0.717, 1.165) is 31.8 Å². The molecule has 106 valence electrons. The number of hydrogen-bond acceptors (Lipinski definition) is 3. The van der Waals surface area contributed by atoms with Crippen LogP contribution in [0.3, 0.4) is 0 Å². The molecule has 3 nitrogen and oxygen atoms in total. The molecule has 0 aliphatic heterocycles. The molecule has 1 heterocycles. The number of pyridine rings is 1. The van der Waals surface area contributed by atoms with Gasteiger partial charge in [-0.15, -0.1) is 0 Å². The third-order valence-electron chi connectivity index (χ3n) is 4.43. The van der Waals surface area contributed by atoms with Crippen LogP contribution in [0.15, 0.2) is 24.5 Å². The molecule has 0 bridgehead atoms. The Bertz CT molecular complexity index is 372. The molecule has 1 aliphatic rings. The third-order valence-corrected chi connectivity index (χ3v) is 4.43. The molecule has 2 N–H and O–H groups in total. The molecule has 0 amide bonds. The van der Waals surface area contributed by atoms with Crippen molar-refractivity contribution >= 4 is 0 Å². The summed E-state index contributed by atoms with van der Waals surface area (Å²) in [6.07, 6.45) is 9.17. The maximum Gasteiger partial charge on any atom is 0.0835 e. The third kappa shape index (κ3) is 3.54. The molecule has 1 atom stereocenters. The van der Waals surface area contributed by atoms with E-state index >= 15 is 0 Å². The Balaban J connectivity index is 2.06. The molecule has 0 aromatic carbocycles. The van der Waals surface area contributed by atoms with E-state index in [2.05, 4.69) is 18.8 Å². The second-order valence-corrected chi connectivity index (χ2v) is 5.85. The first-order chi connectivity index (χ1) is 9.16. The van der Waals surface area contributed by atoms with Gasteiger partial charge < -0.3 is 10.5 Å². The monoisotopic (exact) mass is 262 g/mol. The molecule has 0 saturated heterocycles. The summed E-state index contributed by atoms with van der Waals surface area (Å²) in [7, 11) is 0. The minimum atomic E-state index is -0.121. The molecular formula is C16H26N2O. The van der Waals surface area contributed by atoms with Gasteiger partial charge in [0.05, 0.1) is 5.60 Å². The van der Waals surface area contributed by atoms with Crippen LogP contribution in [-0.2, 0) is 11.2 Å². The summed E-state index contributed by atoms with van der Waals surface area (Å²) in [6.45, 7) is 5.14. The highest BCUT2D eigenvalue weighted by Crippen LogP contribution is 2.37. The lowest BCUT2D eigenvalue weighted by Crippen LogP contribution is -2.53. The van der Waals surface area contributed by atoms with Gasteiger partial charge >= 0.3 is 0 Å². The second-order valence-electron chi connectivity index (χ2n) is 5.85. The SMILES string of the molecule is CCOC1(C(N)Cc2ccncc2)CCC(C)CC1. The van der Waals surface area contributed by atoms with Gasteiger partial charge in [0.15, 0.2) is 0 Å². The predicted octanol–water partition coefficient (Wildman–Crippen LogP) is 2.94. The van der Waals surface area contributed by atoms with Crippen molar-refractivity contribution < 1.29 is 4.74 Å². The number of nitrogens with zero attached hydrogens (tertiary/aromatic N) is 1. The minimum Gasteiger partial charge on any atom is -0.374 e. The van der Waals surface area contributed by atoms with Crippen LogP contribution in [0.2, 0.25) is 0 Å². The zero-order valence-electron chi connectivity index (χ0n) is 12.1. The van der Waals surface area contributed by atoms with Crippen LogP contribution in [0.5, 0.6) is 0 Å². The smallest absolute Gasteiger partial charge is 0.0835 e. The van der Waals surface area contributed by atoms with E-state index in [1.54, 1.807) is 0 Å². The molecule has 19 heavy (non-hydrogen) atoms. The Kier molecular flexibility index (Phi) is 4.94. The summed E-state index contributed by atoms with van der Waals surface area (Å²) in [6, 6.07) is 4.16. The molecule has 1 unspecified atom stereocenters. The van der Waals surface area contributed by atoms with Crippen molar-refractivity contribution in [2.45, 2.75) is 57.6 Å². The lowest BCUT2D eigenvalue weighted by atomic mass is 9.74. The maximum absolute atomic E-state index is 6.50. The lowest BCUT2D eigenvalue weighted by Gasteiger charge is -2.43. The second kappa shape index (κ2) is 6.49. The predicted molar refractivity (Wildman–Crippen MR) is 77.9 cm³/mol. The van der Waals surface area contributed by atoms with Gasteiger partial charge in [0.25, 0.3) is 0 Å². The van der Waals surface area contributed by atoms with Crippen molar-refractivity contribution in [2.75, 3.05) is 6.61 Å². The Morgan fingerprint density at radius 3 is 2.58 bits per heavy atom. The van der Waals surface area contributed by atoms with E-state index < -0.39 is 0 Å². The first kappa shape index (κ1) is 14.5. The molecular weight excluding hydrogens is 236 g/mol. The molecule has 1 aromatic heterocycles. The summed E-state index contributed by atoms with van der Waals surface area (Å²) in [5.74, 6) is 0.807. The number of nitrogens with two attached hydrogens (primary N) is 1. The quantitative estimate of drug-likeness (QED) is 0.887. The molecule has 0 spiro atoms. The van der Waals surface area contributed by atoms with Crippen molar-refractivity contribution in [2.24, 2.45) is 11.7 Å². The highest BCUT2D eigenvalue weighted by molar-refractivity contribution is 5.13. The highest BCUT2D eigenvalue weighted by Gasteiger charge is 2.40. The topological polar surface area (TPSA) is 48.1 Å². The van der Waals surface area contributed by atoms with Crippen LogP contribution in [-0.4, -0.2) is 23.2 Å². The maximum atomic E-state index is 6.50. The van der Waals surface area contributed by atoms with Crippen LogP contribution in [0.25, 0.3) is 0 Å².